The molecule has 23 heavy (non-hydrogen) atoms. The number of aromatic nitrogens is 3. The normalized spacial score (nSPS) is 10.3. The molecule has 0 saturated heterocycles. The van der Waals surface area contributed by atoms with Crippen LogP contribution in [0.2, 0.25) is 0 Å². The highest BCUT2D eigenvalue weighted by Crippen LogP contribution is 2.22. The number of anilines is 3. The van der Waals surface area contributed by atoms with Crippen LogP contribution in [0.4, 0.5) is 17.3 Å². The van der Waals surface area contributed by atoms with E-state index in [1.807, 2.05) is 48.5 Å². The second-order valence-corrected chi connectivity index (χ2v) is 4.84. The number of hydrogen-bond donors (Lipinski definition) is 3. The molecular weight excluding hydrogens is 290 g/mol. The van der Waals surface area contributed by atoms with Gasteiger partial charge in [-0.1, -0.05) is 30.3 Å². The second kappa shape index (κ2) is 7.33. The number of nitrogens with one attached hydrogen (secondary N) is 2. The highest BCUT2D eigenvalue weighted by Gasteiger charge is 2.07. The zero-order valence-electron chi connectivity index (χ0n) is 12.5. The van der Waals surface area contributed by atoms with Gasteiger partial charge in [-0.05, 0) is 12.1 Å². The van der Waals surface area contributed by atoms with Crippen LogP contribution in [-0.4, -0.2) is 33.2 Å². The van der Waals surface area contributed by atoms with Crippen molar-refractivity contribution in [2.75, 3.05) is 23.8 Å². The van der Waals surface area contributed by atoms with Gasteiger partial charge in [0.15, 0.2) is 5.82 Å². The van der Waals surface area contributed by atoms with Gasteiger partial charge in [-0.15, -0.1) is 0 Å². The standard InChI is InChI=1S/C17H17N5O/c23-11-10-19-15-12-16(20-14-6-8-18-9-7-14)22-17(21-15)13-4-2-1-3-5-13/h1-9,12,23H,10-11H2,(H2,18,19,20,21,22). The van der Waals surface area contributed by atoms with Gasteiger partial charge in [0, 0.05) is 36.3 Å². The zero-order chi connectivity index (χ0) is 15.9. The predicted molar refractivity (Wildman–Crippen MR) is 90.6 cm³/mol. The van der Waals surface area contributed by atoms with Gasteiger partial charge in [0.05, 0.1) is 6.61 Å². The van der Waals surface area contributed by atoms with Crippen molar-refractivity contribution in [3.63, 3.8) is 0 Å². The molecule has 116 valence electrons. The van der Waals surface area contributed by atoms with E-state index < -0.39 is 0 Å². The van der Waals surface area contributed by atoms with Crippen molar-refractivity contribution < 1.29 is 5.11 Å². The quantitative estimate of drug-likeness (QED) is 0.649. The van der Waals surface area contributed by atoms with Crippen LogP contribution in [0, 0.1) is 0 Å². The van der Waals surface area contributed by atoms with Crippen LogP contribution in [-0.2, 0) is 0 Å². The van der Waals surface area contributed by atoms with Crippen molar-refractivity contribution >= 4 is 17.3 Å². The summed E-state index contributed by atoms with van der Waals surface area (Å²) in [4.78, 5) is 13.1. The maximum absolute atomic E-state index is 8.99. The van der Waals surface area contributed by atoms with Crippen LogP contribution in [0.25, 0.3) is 11.4 Å². The topological polar surface area (TPSA) is 83.0 Å². The summed E-state index contributed by atoms with van der Waals surface area (Å²) in [5, 5.41) is 15.3. The first-order valence-electron chi connectivity index (χ1n) is 7.31. The van der Waals surface area contributed by atoms with E-state index in [1.165, 1.54) is 0 Å². The van der Waals surface area contributed by atoms with E-state index in [0.717, 1.165) is 11.3 Å². The maximum atomic E-state index is 8.99. The van der Waals surface area contributed by atoms with Gasteiger partial charge >= 0.3 is 0 Å². The highest BCUT2D eigenvalue weighted by atomic mass is 16.3. The number of pyridine rings is 1. The fourth-order valence-corrected chi connectivity index (χ4v) is 2.09. The van der Waals surface area contributed by atoms with E-state index in [-0.39, 0.29) is 6.61 Å². The molecule has 0 aliphatic rings. The van der Waals surface area contributed by atoms with Crippen molar-refractivity contribution in [1.82, 2.24) is 15.0 Å². The summed E-state index contributed by atoms with van der Waals surface area (Å²) in [7, 11) is 0. The Kier molecular flexibility index (Phi) is 4.76. The van der Waals surface area contributed by atoms with Crippen LogP contribution in [0.15, 0.2) is 60.9 Å². The van der Waals surface area contributed by atoms with Crippen LogP contribution >= 0.6 is 0 Å². The van der Waals surface area contributed by atoms with E-state index in [1.54, 1.807) is 12.4 Å². The Hall–Kier alpha value is -2.99. The van der Waals surface area contributed by atoms with E-state index in [9.17, 15) is 0 Å². The summed E-state index contributed by atoms with van der Waals surface area (Å²) in [6.07, 6.45) is 3.43. The smallest absolute Gasteiger partial charge is 0.163 e. The Bertz CT molecular complexity index is 749. The molecule has 0 saturated carbocycles. The molecular formula is C17H17N5O. The summed E-state index contributed by atoms with van der Waals surface area (Å²) in [6.45, 7) is 0.470. The average Bonchev–Trinajstić information content (AvgIpc) is 2.61. The number of benzene rings is 1. The van der Waals surface area contributed by atoms with Gasteiger partial charge in [-0.3, -0.25) is 4.98 Å². The average molecular weight is 307 g/mol. The summed E-state index contributed by atoms with van der Waals surface area (Å²) in [6, 6.07) is 15.3. The van der Waals surface area contributed by atoms with Gasteiger partial charge in [0.25, 0.3) is 0 Å². The Morgan fingerprint density at radius 1 is 0.913 bits per heavy atom. The fraction of sp³-hybridized carbons (Fsp3) is 0.118. The van der Waals surface area contributed by atoms with Crippen molar-refractivity contribution in [1.29, 1.82) is 0 Å². The molecule has 0 amide bonds. The number of nitrogens with zero attached hydrogens (tertiary/aromatic N) is 3. The second-order valence-electron chi connectivity index (χ2n) is 4.84. The lowest BCUT2D eigenvalue weighted by Crippen LogP contribution is -2.09. The molecule has 6 heteroatoms. The molecule has 2 heterocycles. The van der Waals surface area contributed by atoms with Crippen LogP contribution < -0.4 is 10.6 Å². The summed E-state index contributed by atoms with van der Waals surface area (Å²) < 4.78 is 0. The molecule has 1 aromatic carbocycles. The Balaban J connectivity index is 1.94. The lowest BCUT2D eigenvalue weighted by Gasteiger charge is -2.11. The molecule has 0 spiro atoms. The molecule has 3 aromatic rings. The van der Waals surface area contributed by atoms with Crippen molar-refractivity contribution in [3.8, 4) is 11.4 Å². The molecule has 0 radical (unpaired) electrons. The summed E-state index contributed by atoms with van der Waals surface area (Å²) in [5.41, 5.74) is 1.82. The molecule has 3 N–H and O–H groups in total. The maximum Gasteiger partial charge on any atom is 0.163 e. The summed E-state index contributed by atoms with van der Waals surface area (Å²) in [5.74, 6) is 1.94. The molecule has 0 fully saturated rings. The van der Waals surface area contributed by atoms with E-state index in [0.29, 0.717) is 24.0 Å². The predicted octanol–water partition coefficient (Wildman–Crippen LogP) is 2.69. The van der Waals surface area contributed by atoms with Gasteiger partial charge in [0.2, 0.25) is 0 Å². The van der Waals surface area contributed by atoms with Crippen LogP contribution in [0.3, 0.4) is 0 Å². The first kappa shape index (κ1) is 14.9. The largest absolute Gasteiger partial charge is 0.395 e. The first-order chi connectivity index (χ1) is 11.3. The van der Waals surface area contributed by atoms with Gasteiger partial charge in [-0.2, -0.15) is 0 Å². The minimum atomic E-state index is 0.0395. The lowest BCUT2D eigenvalue weighted by molar-refractivity contribution is 0.311. The Labute approximate surface area is 134 Å². The number of aliphatic hydroxyl groups is 1. The van der Waals surface area contributed by atoms with Crippen molar-refractivity contribution in [2.24, 2.45) is 0 Å². The Morgan fingerprint density at radius 3 is 2.39 bits per heavy atom. The third-order valence-corrected chi connectivity index (χ3v) is 3.13. The lowest BCUT2D eigenvalue weighted by atomic mass is 10.2. The monoisotopic (exact) mass is 307 g/mol. The SMILES string of the molecule is OCCNc1cc(Nc2ccncc2)nc(-c2ccccc2)n1. The molecule has 0 bridgehead atoms. The van der Waals surface area contributed by atoms with Crippen LogP contribution in [0.1, 0.15) is 0 Å². The van der Waals surface area contributed by atoms with Gasteiger partial charge in [-0.25, -0.2) is 9.97 Å². The minimum Gasteiger partial charge on any atom is -0.395 e. The van der Waals surface area contributed by atoms with E-state index >= 15 is 0 Å². The fourth-order valence-electron chi connectivity index (χ4n) is 2.09. The number of aliphatic hydroxyl groups excluding tert-OH is 1. The highest BCUT2D eigenvalue weighted by molar-refractivity contribution is 5.64. The Morgan fingerprint density at radius 2 is 1.65 bits per heavy atom. The zero-order valence-corrected chi connectivity index (χ0v) is 12.5. The molecule has 0 unspecified atom stereocenters. The van der Waals surface area contributed by atoms with E-state index in [2.05, 4.69) is 25.6 Å². The molecule has 2 aromatic heterocycles. The van der Waals surface area contributed by atoms with E-state index in [4.69, 9.17) is 5.11 Å². The summed E-state index contributed by atoms with van der Waals surface area (Å²) >= 11 is 0. The molecule has 6 nitrogen and oxygen atoms in total. The molecule has 0 atom stereocenters. The van der Waals surface area contributed by atoms with Crippen LogP contribution in [0.5, 0.6) is 0 Å². The minimum absolute atomic E-state index is 0.0395. The van der Waals surface area contributed by atoms with Crippen molar-refractivity contribution in [2.45, 2.75) is 0 Å². The third kappa shape index (κ3) is 4.02. The molecule has 0 aliphatic carbocycles. The van der Waals surface area contributed by atoms with Gasteiger partial charge in [0.1, 0.15) is 11.6 Å². The molecule has 0 aliphatic heterocycles. The van der Waals surface area contributed by atoms with Crippen molar-refractivity contribution in [3.05, 3.63) is 60.9 Å². The molecule has 3 rings (SSSR count). The van der Waals surface area contributed by atoms with Gasteiger partial charge < -0.3 is 15.7 Å². The first-order valence-corrected chi connectivity index (χ1v) is 7.31. The number of rotatable bonds is 6. The number of hydrogen-bond acceptors (Lipinski definition) is 6. The third-order valence-electron chi connectivity index (χ3n) is 3.13.